The maximum Gasteiger partial charge on any atom is 0.409 e. The molecule has 6 amide bonds. The first-order chi connectivity index (χ1) is 25.0. The minimum Gasteiger partial charge on any atom is -0.445 e. The summed E-state index contributed by atoms with van der Waals surface area (Å²) in [5, 5.41) is 10.8. The predicted octanol–water partition coefficient (Wildman–Crippen LogP) is 2.85. The van der Waals surface area contributed by atoms with E-state index in [1.807, 2.05) is 14.0 Å². The maximum absolute atomic E-state index is 13.4. The number of rotatable bonds is 26. The van der Waals surface area contributed by atoms with E-state index in [1.54, 1.807) is 45.2 Å². The number of nitrogens with zero attached hydrogens (tertiary/aromatic N) is 2. The van der Waals surface area contributed by atoms with Crippen molar-refractivity contribution in [2.45, 2.75) is 91.5 Å². The van der Waals surface area contributed by atoms with Gasteiger partial charge in [-0.05, 0) is 70.7 Å². The lowest BCUT2D eigenvalue weighted by Crippen LogP contribution is -2.54. The Kier molecular flexibility index (Phi) is 23.0. The largest absolute Gasteiger partial charge is 0.445 e. The summed E-state index contributed by atoms with van der Waals surface area (Å²) in [6, 6.07) is 4.20. The first kappa shape index (κ1) is 47.0. The van der Waals surface area contributed by atoms with Crippen LogP contribution in [0.15, 0.2) is 24.3 Å². The van der Waals surface area contributed by atoms with E-state index in [2.05, 4.69) is 46.9 Å². The van der Waals surface area contributed by atoms with Crippen LogP contribution < -0.4 is 27.0 Å². The molecule has 0 heterocycles. The van der Waals surface area contributed by atoms with Crippen LogP contribution in [0.25, 0.3) is 0 Å². The molecule has 0 saturated heterocycles. The van der Waals surface area contributed by atoms with Gasteiger partial charge in [0, 0.05) is 50.9 Å². The maximum atomic E-state index is 13.4. The highest BCUT2D eigenvalue weighted by Gasteiger charge is 2.29. The van der Waals surface area contributed by atoms with Crippen molar-refractivity contribution in [1.82, 2.24) is 25.8 Å². The molecule has 0 spiro atoms. The van der Waals surface area contributed by atoms with Gasteiger partial charge in [0.25, 0.3) is 0 Å². The molecule has 6 N–H and O–H groups in total. The van der Waals surface area contributed by atoms with Crippen LogP contribution in [0.3, 0.4) is 0 Å². The molecule has 53 heavy (non-hydrogen) atoms. The number of nitrogens with one attached hydrogen (secondary N) is 4. The number of anilines is 1. The molecule has 1 aromatic rings. The third-order valence-electron chi connectivity index (χ3n) is 8.24. The fourth-order valence-corrected chi connectivity index (χ4v) is 4.58. The molecular formula is C37H65N7O9. The molecule has 0 saturated carbocycles. The molecule has 0 unspecified atom stereocenters. The van der Waals surface area contributed by atoms with E-state index in [9.17, 15) is 24.0 Å². The fraction of sp³-hybridized carbons (Fsp3) is 0.703. The van der Waals surface area contributed by atoms with Crippen LogP contribution >= 0.6 is 0 Å². The number of benzene rings is 1. The van der Waals surface area contributed by atoms with Crippen molar-refractivity contribution >= 4 is 35.5 Å². The third kappa shape index (κ3) is 21.3. The second-order valence-corrected chi connectivity index (χ2v) is 14.1. The third-order valence-corrected chi connectivity index (χ3v) is 8.24. The highest BCUT2D eigenvalue weighted by molar-refractivity contribution is 5.98. The summed E-state index contributed by atoms with van der Waals surface area (Å²) >= 11 is 0. The van der Waals surface area contributed by atoms with Gasteiger partial charge in [-0.2, -0.15) is 0 Å². The molecule has 0 fully saturated rings. The van der Waals surface area contributed by atoms with Crippen LogP contribution in [0.4, 0.5) is 15.3 Å². The number of amides is 6. The average molecular weight is 752 g/mol. The second kappa shape index (κ2) is 25.9. The number of nitrogens with two attached hydrogens (primary N) is 1. The highest BCUT2D eigenvalue weighted by Crippen LogP contribution is 2.14. The zero-order chi connectivity index (χ0) is 39.8. The zero-order valence-electron chi connectivity index (χ0n) is 33.1. The molecule has 1 aromatic carbocycles. The highest BCUT2D eigenvalue weighted by atomic mass is 16.6. The number of primary amides is 1. The monoisotopic (exact) mass is 751 g/mol. The molecule has 0 aromatic heterocycles. The molecule has 0 radical (unpaired) electrons. The number of carbonyl (C=O) groups is 5. The van der Waals surface area contributed by atoms with Crippen molar-refractivity contribution in [2.24, 2.45) is 11.7 Å². The molecule has 16 nitrogen and oxygen atoms in total. The number of likely N-dealkylation sites (N-methyl/N-ethyl adjacent to an activating group) is 2. The van der Waals surface area contributed by atoms with Gasteiger partial charge in [-0.25, -0.2) is 9.59 Å². The first-order valence-corrected chi connectivity index (χ1v) is 18.4. The second-order valence-electron chi connectivity index (χ2n) is 14.1. The van der Waals surface area contributed by atoms with Gasteiger partial charge in [0.15, 0.2) is 0 Å². The number of hydrogen-bond donors (Lipinski definition) is 5. The Morgan fingerprint density at radius 1 is 0.830 bits per heavy atom. The molecule has 16 heteroatoms. The van der Waals surface area contributed by atoms with E-state index in [4.69, 9.17) is 24.7 Å². The lowest BCUT2D eigenvalue weighted by Gasteiger charge is -2.33. The van der Waals surface area contributed by atoms with Crippen LogP contribution in [0.1, 0.15) is 72.8 Å². The summed E-state index contributed by atoms with van der Waals surface area (Å²) in [7, 11) is 3.69. The molecule has 0 bridgehead atoms. The SMILES string of the molecule is CCCOCCOCCOCCC(=O)N[C@H](C(=O)N[C@@H](CCCNC(N)=O)C(=O)Nc1ccc(COC(=O)N(C)CCN(C)C(C)(C)C)cc1)C(C)C. The summed E-state index contributed by atoms with van der Waals surface area (Å²) in [5.74, 6) is -1.66. The minimum atomic E-state index is -0.987. The Labute approximate surface area is 315 Å². The summed E-state index contributed by atoms with van der Waals surface area (Å²) < 4.78 is 21.7. The molecule has 0 aliphatic rings. The summed E-state index contributed by atoms with van der Waals surface area (Å²) in [4.78, 5) is 66.8. The lowest BCUT2D eigenvalue weighted by atomic mass is 10.0. The van der Waals surface area contributed by atoms with Crippen LogP contribution in [0.2, 0.25) is 0 Å². The topological polar surface area (TPSA) is 203 Å². The van der Waals surface area contributed by atoms with Gasteiger partial charge in [0.2, 0.25) is 17.7 Å². The van der Waals surface area contributed by atoms with Gasteiger partial charge in [-0.3, -0.25) is 19.3 Å². The fourth-order valence-electron chi connectivity index (χ4n) is 4.58. The molecular weight excluding hydrogens is 686 g/mol. The van der Waals surface area contributed by atoms with Crippen molar-refractivity contribution in [1.29, 1.82) is 0 Å². The molecule has 0 aliphatic heterocycles. The van der Waals surface area contributed by atoms with Gasteiger partial charge >= 0.3 is 12.1 Å². The number of ether oxygens (including phenoxy) is 4. The Bertz CT molecular complexity index is 1240. The Hall–Kier alpha value is -3.99. The van der Waals surface area contributed by atoms with E-state index in [1.165, 1.54) is 4.90 Å². The van der Waals surface area contributed by atoms with E-state index in [0.717, 1.165) is 12.0 Å². The van der Waals surface area contributed by atoms with Crippen LogP contribution in [-0.2, 0) is 39.9 Å². The number of hydrogen-bond acceptors (Lipinski definition) is 10. The van der Waals surface area contributed by atoms with Gasteiger partial charge < -0.3 is 50.8 Å². The quantitative estimate of drug-likeness (QED) is 0.0877. The van der Waals surface area contributed by atoms with Crippen molar-refractivity contribution in [2.75, 3.05) is 78.7 Å². The van der Waals surface area contributed by atoms with Crippen LogP contribution in [0.5, 0.6) is 0 Å². The molecule has 302 valence electrons. The van der Waals surface area contributed by atoms with Crippen molar-refractivity contribution in [3.8, 4) is 0 Å². The molecule has 2 atom stereocenters. The summed E-state index contributed by atoms with van der Waals surface area (Å²) in [6.07, 6.45) is 1.08. The average Bonchev–Trinajstić information content (AvgIpc) is 3.10. The number of carbonyl (C=O) groups excluding carboxylic acids is 5. The van der Waals surface area contributed by atoms with Crippen LogP contribution in [0, 0.1) is 5.92 Å². The predicted molar refractivity (Wildman–Crippen MR) is 203 cm³/mol. The van der Waals surface area contributed by atoms with E-state index in [0.29, 0.717) is 58.2 Å². The van der Waals surface area contributed by atoms with E-state index < -0.39 is 36.0 Å². The standard InChI is InChI=1S/C37H65N7O9/c1-9-20-50-22-24-52-25-23-51-21-16-31(45)42-32(27(2)3)34(47)41-30(11-10-17-39-35(38)48)33(46)40-29-14-12-28(13-15-29)26-53-36(49)43(7)18-19-44(8)37(4,5)6/h12-15,27,30,32H,9-11,16-26H2,1-8H3,(H,40,46)(H,41,47)(H,42,45)(H3,38,39,48)/t30-,32-/m0/s1. The van der Waals surface area contributed by atoms with Crippen molar-refractivity contribution in [3.05, 3.63) is 29.8 Å². The smallest absolute Gasteiger partial charge is 0.409 e. The normalized spacial score (nSPS) is 12.6. The minimum absolute atomic E-state index is 0.0135. The lowest BCUT2D eigenvalue weighted by molar-refractivity contribution is -0.132. The van der Waals surface area contributed by atoms with Gasteiger partial charge in [0.1, 0.15) is 18.7 Å². The Morgan fingerprint density at radius 3 is 2.00 bits per heavy atom. The first-order valence-electron chi connectivity index (χ1n) is 18.4. The van der Waals surface area contributed by atoms with E-state index in [-0.39, 0.29) is 50.0 Å². The van der Waals surface area contributed by atoms with E-state index >= 15 is 0 Å². The van der Waals surface area contributed by atoms with Crippen molar-refractivity contribution in [3.63, 3.8) is 0 Å². The Morgan fingerprint density at radius 2 is 1.43 bits per heavy atom. The van der Waals surface area contributed by atoms with Gasteiger partial charge in [0.05, 0.1) is 33.0 Å². The van der Waals surface area contributed by atoms with Crippen molar-refractivity contribution < 1.29 is 42.9 Å². The summed E-state index contributed by atoms with van der Waals surface area (Å²) in [5.41, 5.74) is 6.34. The zero-order valence-corrected chi connectivity index (χ0v) is 33.1. The Balaban J connectivity index is 2.72. The molecule has 0 aliphatic carbocycles. The molecule has 1 rings (SSSR count). The van der Waals surface area contributed by atoms with Gasteiger partial charge in [-0.15, -0.1) is 0 Å². The summed E-state index contributed by atoms with van der Waals surface area (Å²) in [6.45, 7) is 15.9. The van der Waals surface area contributed by atoms with Gasteiger partial charge in [-0.1, -0.05) is 32.9 Å². The number of urea groups is 1. The van der Waals surface area contributed by atoms with Crippen LogP contribution in [-0.4, -0.2) is 131 Å².